The number of halogens is 1. The average Bonchev–Trinajstić information content (AvgIpc) is 2.53. The Morgan fingerprint density at radius 1 is 1.40 bits per heavy atom. The van der Waals surface area contributed by atoms with Crippen LogP contribution in [0.1, 0.15) is 49.5 Å². The SMILES string of the molecule is CCCCCCC(=O)c1c(Br)nnn1C. The van der Waals surface area contributed by atoms with E-state index in [1.165, 1.54) is 17.5 Å². The van der Waals surface area contributed by atoms with Crippen LogP contribution in [0.4, 0.5) is 0 Å². The van der Waals surface area contributed by atoms with E-state index < -0.39 is 0 Å². The summed E-state index contributed by atoms with van der Waals surface area (Å²) in [5.41, 5.74) is 0.575. The number of carbonyl (C=O) groups is 1. The Morgan fingerprint density at radius 3 is 2.67 bits per heavy atom. The van der Waals surface area contributed by atoms with E-state index in [0.717, 1.165) is 12.8 Å². The molecule has 15 heavy (non-hydrogen) atoms. The quantitative estimate of drug-likeness (QED) is 0.592. The number of rotatable bonds is 6. The molecule has 1 aromatic heterocycles. The second-order valence-corrected chi connectivity index (χ2v) is 4.34. The van der Waals surface area contributed by atoms with Crippen LogP contribution in [0.25, 0.3) is 0 Å². The minimum absolute atomic E-state index is 0.116. The third-order valence-electron chi connectivity index (χ3n) is 2.31. The molecule has 0 aliphatic rings. The van der Waals surface area contributed by atoms with Crippen LogP contribution in [0.2, 0.25) is 0 Å². The number of nitrogens with zero attached hydrogens (tertiary/aromatic N) is 3. The van der Waals surface area contributed by atoms with E-state index in [1.807, 2.05) is 0 Å². The van der Waals surface area contributed by atoms with E-state index in [-0.39, 0.29) is 5.78 Å². The first-order valence-corrected chi connectivity index (χ1v) is 6.04. The summed E-state index contributed by atoms with van der Waals surface area (Å²) in [6.45, 7) is 2.16. The summed E-state index contributed by atoms with van der Waals surface area (Å²) in [5, 5.41) is 7.57. The first-order valence-electron chi connectivity index (χ1n) is 5.25. The lowest BCUT2D eigenvalue weighted by Crippen LogP contribution is -2.07. The monoisotopic (exact) mass is 273 g/mol. The zero-order valence-electron chi connectivity index (χ0n) is 9.16. The van der Waals surface area contributed by atoms with Crippen LogP contribution in [0, 0.1) is 0 Å². The van der Waals surface area contributed by atoms with Crippen LogP contribution >= 0.6 is 15.9 Å². The lowest BCUT2D eigenvalue weighted by Gasteiger charge is -2.00. The molecular formula is C10H16BrN3O. The van der Waals surface area contributed by atoms with Gasteiger partial charge in [-0.2, -0.15) is 0 Å². The number of carbonyl (C=O) groups excluding carboxylic acids is 1. The van der Waals surface area contributed by atoms with Gasteiger partial charge in [0, 0.05) is 13.5 Å². The van der Waals surface area contributed by atoms with Gasteiger partial charge in [-0.15, -0.1) is 5.10 Å². The largest absolute Gasteiger partial charge is 0.292 e. The van der Waals surface area contributed by atoms with Crippen molar-refractivity contribution >= 4 is 21.7 Å². The van der Waals surface area contributed by atoms with Crippen LogP contribution in [0.5, 0.6) is 0 Å². The molecule has 0 saturated heterocycles. The normalized spacial score (nSPS) is 10.6. The van der Waals surface area contributed by atoms with Gasteiger partial charge in [0.05, 0.1) is 0 Å². The van der Waals surface area contributed by atoms with Gasteiger partial charge in [-0.05, 0) is 22.4 Å². The van der Waals surface area contributed by atoms with Crippen molar-refractivity contribution in [1.82, 2.24) is 15.0 Å². The fourth-order valence-electron chi connectivity index (χ4n) is 1.46. The third-order valence-corrected chi connectivity index (χ3v) is 2.84. The van der Waals surface area contributed by atoms with Crippen molar-refractivity contribution in [3.8, 4) is 0 Å². The topological polar surface area (TPSA) is 47.8 Å². The highest BCUT2D eigenvalue weighted by molar-refractivity contribution is 9.10. The van der Waals surface area contributed by atoms with Crippen molar-refractivity contribution in [2.45, 2.75) is 39.0 Å². The zero-order chi connectivity index (χ0) is 11.3. The molecule has 0 spiro atoms. The summed E-state index contributed by atoms with van der Waals surface area (Å²) in [5.74, 6) is 0.116. The smallest absolute Gasteiger partial charge is 0.183 e. The van der Waals surface area contributed by atoms with Gasteiger partial charge in [-0.1, -0.05) is 31.4 Å². The molecule has 84 valence electrons. The number of unbranched alkanes of at least 4 members (excludes halogenated alkanes) is 3. The Balaban J connectivity index is 2.47. The molecule has 0 aliphatic heterocycles. The Morgan fingerprint density at radius 2 is 2.13 bits per heavy atom. The first kappa shape index (κ1) is 12.4. The maximum absolute atomic E-state index is 11.8. The molecule has 1 rings (SSSR count). The van der Waals surface area contributed by atoms with Crippen molar-refractivity contribution < 1.29 is 4.79 Å². The van der Waals surface area contributed by atoms with Gasteiger partial charge in [0.1, 0.15) is 5.69 Å². The van der Waals surface area contributed by atoms with E-state index >= 15 is 0 Å². The summed E-state index contributed by atoms with van der Waals surface area (Å²) in [6.07, 6.45) is 5.03. The van der Waals surface area contributed by atoms with E-state index in [4.69, 9.17) is 0 Å². The molecule has 0 N–H and O–H groups in total. The summed E-state index contributed by atoms with van der Waals surface area (Å²) in [7, 11) is 1.73. The van der Waals surface area contributed by atoms with Crippen molar-refractivity contribution in [2.24, 2.45) is 7.05 Å². The molecule has 0 aromatic carbocycles. The third kappa shape index (κ3) is 3.41. The number of hydrogen-bond acceptors (Lipinski definition) is 3. The molecule has 0 aliphatic carbocycles. The number of aryl methyl sites for hydroxylation is 1. The van der Waals surface area contributed by atoms with E-state index in [9.17, 15) is 4.79 Å². The van der Waals surface area contributed by atoms with Crippen molar-refractivity contribution in [1.29, 1.82) is 0 Å². The van der Waals surface area contributed by atoms with Crippen molar-refractivity contribution in [3.05, 3.63) is 10.3 Å². The lowest BCUT2D eigenvalue weighted by molar-refractivity contribution is 0.0969. The predicted molar refractivity (Wildman–Crippen MR) is 61.8 cm³/mol. The van der Waals surface area contributed by atoms with Gasteiger partial charge in [0.2, 0.25) is 0 Å². The molecule has 0 fully saturated rings. The van der Waals surface area contributed by atoms with Gasteiger partial charge in [0.15, 0.2) is 10.4 Å². The van der Waals surface area contributed by atoms with Crippen molar-refractivity contribution in [3.63, 3.8) is 0 Å². The van der Waals surface area contributed by atoms with Crippen LogP contribution < -0.4 is 0 Å². The molecule has 0 amide bonds. The maximum atomic E-state index is 11.8. The Labute approximate surface area is 98.2 Å². The Bertz CT molecular complexity index is 316. The van der Waals surface area contributed by atoms with Crippen LogP contribution in [-0.4, -0.2) is 20.8 Å². The average molecular weight is 274 g/mol. The van der Waals surface area contributed by atoms with Gasteiger partial charge >= 0.3 is 0 Å². The molecule has 0 unspecified atom stereocenters. The standard InChI is InChI=1S/C10H16BrN3O/c1-3-4-5-6-7-8(15)9-10(11)12-13-14(9)2/h3-7H2,1-2H3. The summed E-state index contributed by atoms with van der Waals surface area (Å²) < 4.78 is 2.07. The van der Waals surface area contributed by atoms with Crippen LogP contribution in [0.15, 0.2) is 4.60 Å². The van der Waals surface area contributed by atoms with E-state index in [2.05, 4.69) is 33.2 Å². The molecule has 1 aromatic rings. The summed E-state index contributed by atoms with van der Waals surface area (Å²) in [4.78, 5) is 11.8. The lowest BCUT2D eigenvalue weighted by atomic mass is 10.1. The number of Topliss-reactive ketones (excluding diaryl/α,β-unsaturated/α-hetero) is 1. The van der Waals surface area contributed by atoms with Gasteiger partial charge in [0.25, 0.3) is 0 Å². The predicted octanol–water partition coefficient (Wildman–Crippen LogP) is 2.73. The molecule has 4 nitrogen and oxygen atoms in total. The molecule has 1 heterocycles. The second kappa shape index (κ2) is 6.00. The van der Waals surface area contributed by atoms with E-state index in [1.54, 1.807) is 7.05 Å². The van der Waals surface area contributed by atoms with Gasteiger partial charge < -0.3 is 0 Å². The molecular weight excluding hydrogens is 258 g/mol. The number of aromatic nitrogens is 3. The molecule has 5 heteroatoms. The zero-order valence-corrected chi connectivity index (χ0v) is 10.7. The highest BCUT2D eigenvalue weighted by Crippen LogP contribution is 2.15. The fourth-order valence-corrected chi connectivity index (χ4v) is 2.01. The van der Waals surface area contributed by atoms with Gasteiger partial charge in [-0.25, -0.2) is 4.68 Å². The summed E-state index contributed by atoms with van der Waals surface area (Å²) >= 11 is 3.23. The Kier molecular flexibility index (Phi) is 4.94. The highest BCUT2D eigenvalue weighted by atomic mass is 79.9. The van der Waals surface area contributed by atoms with E-state index in [0.29, 0.717) is 16.7 Å². The number of ketones is 1. The maximum Gasteiger partial charge on any atom is 0.183 e. The van der Waals surface area contributed by atoms with Gasteiger partial charge in [-0.3, -0.25) is 4.79 Å². The fraction of sp³-hybridized carbons (Fsp3) is 0.700. The molecule has 0 saturated carbocycles. The molecule has 0 atom stereocenters. The second-order valence-electron chi connectivity index (χ2n) is 3.59. The number of hydrogen-bond donors (Lipinski definition) is 0. The van der Waals surface area contributed by atoms with Crippen molar-refractivity contribution in [2.75, 3.05) is 0 Å². The first-order chi connectivity index (χ1) is 7.16. The molecule has 0 bridgehead atoms. The van der Waals surface area contributed by atoms with Crippen LogP contribution in [0.3, 0.4) is 0 Å². The highest BCUT2D eigenvalue weighted by Gasteiger charge is 2.15. The minimum Gasteiger partial charge on any atom is -0.292 e. The van der Waals surface area contributed by atoms with Crippen LogP contribution in [-0.2, 0) is 7.05 Å². The minimum atomic E-state index is 0.116. The summed E-state index contributed by atoms with van der Waals surface area (Å²) in [6, 6.07) is 0. The molecule has 0 radical (unpaired) electrons. The Hall–Kier alpha value is -0.710.